The number of piperazine rings is 1. The average Bonchev–Trinajstić information content (AvgIpc) is 2.26. The fourth-order valence-electron chi connectivity index (χ4n) is 1.82. The van der Waals surface area contributed by atoms with E-state index in [-0.39, 0.29) is 12.3 Å². The van der Waals surface area contributed by atoms with Crippen LogP contribution in [-0.2, 0) is 9.59 Å². The third-order valence-corrected chi connectivity index (χ3v) is 2.90. The second-order valence-electron chi connectivity index (χ2n) is 4.49. The van der Waals surface area contributed by atoms with Crippen LogP contribution in [0.15, 0.2) is 0 Å². The molecule has 0 saturated carbocycles. The molecule has 0 radical (unpaired) electrons. The van der Waals surface area contributed by atoms with Gasteiger partial charge in [-0.25, -0.2) is 0 Å². The van der Waals surface area contributed by atoms with Crippen LogP contribution in [0.2, 0.25) is 0 Å². The molecule has 0 unspecified atom stereocenters. The Morgan fingerprint density at radius 3 is 2.47 bits per heavy atom. The molecule has 1 aliphatic heterocycles. The lowest BCUT2D eigenvalue weighted by molar-refractivity contribution is -0.127. The van der Waals surface area contributed by atoms with Crippen LogP contribution in [0, 0.1) is 0 Å². The lowest BCUT2D eigenvalue weighted by Crippen LogP contribution is -2.45. The third kappa shape index (κ3) is 6.23. The number of nitrogens with one attached hydrogen (secondary N) is 1. The summed E-state index contributed by atoms with van der Waals surface area (Å²) in [6, 6.07) is 0. The molecule has 0 atom stereocenters. The molecule has 17 heavy (non-hydrogen) atoms. The van der Waals surface area contributed by atoms with Crippen LogP contribution in [0.5, 0.6) is 0 Å². The van der Waals surface area contributed by atoms with Gasteiger partial charge in [-0.05, 0) is 20.0 Å². The zero-order valence-electron chi connectivity index (χ0n) is 10.4. The summed E-state index contributed by atoms with van der Waals surface area (Å²) in [6.07, 6.45) is 0.697. The van der Waals surface area contributed by atoms with Crippen LogP contribution in [0.1, 0.15) is 12.8 Å². The molecule has 0 bridgehead atoms. The van der Waals surface area contributed by atoms with E-state index < -0.39 is 5.91 Å². The maximum Gasteiger partial charge on any atom is 0.229 e. The Hall–Kier alpha value is -1.14. The smallest absolute Gasteiger partial charge is 0.229 e. The van der Waals surface area contributed by atoms with Crippen LogP contribution < -0.4 is 11.1 Å². The highest BCUT2D eigenvalue weighted by molar-refractivity contribution is 5.95. The number of hydrogen-bond donors (Lipinski definition) is 2. The van der Waals surface area contributed by atoms with Gasteiger partial charge in [0, 0.05) is 32.7 Å². The van der Waals surface area contributed by atoms with E-state index in [0.717, 1.165) is 39.1 Å². The number of hydrogen-bond acceptors (Lipinski definition) is 4. The van der Waals surface area contributed by atoms with Crippen molar-refractivity contribution in [2.75, 3.05) is 46.3 Å². The molecule has 0 aliphatic carbocycles. The van der Waals surface area contributed by atoms with E-state index in [4.69, 9.17) is 5.73 Å². The normalized spacial score (nSPS) is 17.9. The fourth-order valence-corrected chi connectivity index (χ4v) is 1.82. The molecule has 0 aromatic rings. The van der Waals surface area contributed by atoms with Crippen LogP contribution in [0.25, 0.3) is 0 Å². The summed E-state index contributed by atoms with van der Waals surface area (Å²) >= 11 is 0. The van der Waals surface area contributed by atoms with Gasteiger partial charge in [0.2, 0.25) is 11.8 Å². The molecule has 0 aromatic heterocycles. The number of primary amides is 1. The highest BCUT2D eigenvalue weighted by atomic mass is 16.2. The Morgan fingerprint density at radius 1 is 1.24 bits per heavy atom. The molecule has 1 rings (SSSR count). The third-order valence-electron chi connectivity index (χ3n) is 2.90. The first-order valence-electron chi connectivity index (χ1n) is 6.04. The van der Waals surface area contributed by atoms with E-state index in [1.54, 1.807) is 0 Å². The van der Waals surface area contributed by atoms with Gasteiger partial charge in [0.15, 0.2) is 0 Å². The SMILES string of the molecule is CN1CCN(CCCNC(=O)CC(N)=O)CC1. The first-order chi connectivity index (χ1) is 8.08. The summed E-state index contributed by atoms with van der Waals surface area (Å²) in [6.45, 7) is 5.99. The second kappa shape index (κ2) is 7.24. The molecule has 6 heteroatoms. The largest absolute Gasteiger partial charge is 0.369 e. The fraction of sp³-hybridized carbons (Fsp3) is 0.818. The van der Waals surface area contributed by atoms with E-state index >= 15 is 0 Å². The highest BCUT2D eigenvalue weighted by Gasteiger charge is 2.12. The summed E-state index contributed by atoms with van der Waals surface area (Å²) in [5.74, 6) is -0.863. The van der Waals surface area contributed by atoms with Gasteiger partial charge in [-0.3, -0.25) is 9.59 Å². The Morgan fingerprint density at radius 2 is 1.88 bits per heavy atom. The molecular weight excluding hydrogens is 220 g/mol. The van der Waals surface area contributed by atoms with Gasteiger partial charge >= 0.3 is 0 Å². The Balaban J connectivity index is 2.00. The zero-order chi connectivity index (χ0) is 12.7. The van der Waals surface area contributed by atoms with Crippen LogP contribution in [0.4, 0.5) is 0 Å². The van der Waals surface area contributed by atoms with Crippen molar-refractivity contribution in [3.63, 3.8) is 0 Å². The molecule has 1 fully saturated rings. The Kier molecular flexibility index (Phi) is 5.93. The minimum Gasteiger partial charge on any atom is -0.369 e. The second-order valence-corrected chi connectivity index (χ2v) is 4.49. The van der Waals surface area contributed by atoms with Gasteiger partial charge in [0.1, 0.15) is 6.42 Å². The summed E-state index contributed by atoms with van der Waals surface area (Å²) < 4.78 is 0. The van der Waals surface area contributed by atoms with E-state index in [0.29, 0.717) is 6.54 Å². The van der Waals surface area contributed by atoms with E-state index in [1.807, 2.05) is 0 Å². The molecule has 98 valence electrons. The van der Waals surface area contributed by atoms with E-state index in [9.17, 15) is 9.59 Å². The minimum atomic E-state index is -0.582. The van der Waals surface area contributed by atoms with Gasteiger partial charge in [-0.15, -0.1) is 0 Å². The van der Waals surface area contributed by atoms with E-state index in [2.05, 4.69) is 22.2 Å². The number of carbonyl (C=O) groups is 2. The first-order valence-corrected chi connectivity index (χ1v) is 6.04. The van der Waals surface area contributed by atoms with Crippen molar-refractivity contribution in [1.82, 2.24) is 15.1 Å². The number of nitrogens with two attached hydrogens (primary N) is 1. The van der Waals surface area contributed by atoms with Gasteiger partial charge in [0.05, 0.1) is 0 Å². The summed E-state index contributed by atoms with van der Waals surface area (Å²) in [5, 5.41) is 2.69. The topological polar surface area (TPSA) is 78.7 Å². The lowest BCUT2D eigenvalue weighted by atomic mass is 10.3. The molecule has 2 amide bonds. The zero-order valence-corrected chi connectivity index (χ0v) is 10.4. The van der Waals surface area contributed by atoms with Crippen molar-refractivity contribution in [3.05, 3.63) is 0 Å². The minimum absolute atomic E-state index is 0.214. The van der Waals surface area contributed by atoms with Crippen molar-refractivity contribution in [2.24, 2.45) is 5.73 Å². The monoisotopic (exact) mass is 242 g/mol. The van der Waals surface area contributed by atoms with Crippen molar-refractivity contribution < 1.29 is 9.59 Å². The van der Waals surface area contributed by atoms with Gasteiger partial charge < -0.3 is 20.9 Å². The predicted molar refractivity (Wildman–Crippen MR) is 65.4 cm³/mol. The number of likely N-dealkylation sites (N-methyl/N-ethyl adjacent to an activating group) is 1. The maximum absolute atomic E-state index is 11.1. The number of nitrogens with zero attached hydrogens (tertiary/aromatic N) is 2. The van der Waals surface area contributed by atoms with Crippen LogP contribution >= 0.6 is 0 Å². The van der Waals surface area contributed by atoms with Crippen molar-refractivity contribution >= 4 is 11.8 Å². The molecule has 1 aliphatic rings. The Labute approximate surface area is 102 Å². The summed E-state index contributed by atoms with van der Waals surface area (Å²) in [5.41, 5.74) is 4.91. The van der Waals surface area contributed by atoms with Gasteiger partial charge in [-0.2, -0.15) is 0 Å². The first kappa shape index (κ1) is 13.9. The molecule has 3 N–H and O–H groups in total. The quantitative estimate of drug-likeness (QED) is 0.444. The molecular formula is C11H22N4O2. The molecule has 1 saturated heterocycles. The summed E-state index contributed by atoms with van der Waals surface area (Å²) in [7, 11) is 2.13. The summed E-state index contributed by atoms with van der Waals surface area (Å²) in [4.78, 5) is 26.3. The van der Waals surface area contributed by atoms with Crippen LogP contribution in [-0.4, -0.2) is 67.9 Å². The lowest BCUT2D eigenvalue weighted by Gasteiger charge is -2.32. The molecule has 6 nitrogen and oxygen atoms in total. The maximum atomic E-state index is 11.1. The number of rotatable bonds is 6. The number of carbonyl (C=O) groups excluding carboxylic acids is 2. The number of amides is 2. The molecule has 1 heterocycles. The highest BCUT2D eigenvalue weighted by Crippen LogP contribution is 1.99. The molecule has 0 aromatic carbocycles. The standard InChI is InChI=1S/C11H22N4O2/c1-14-5-7-15(8-6-14)4-2-3-13-11(17)9-10(12)16/h2-9H2,1H3,(H2,12,16)(H,13,17). The van der Waals surface area contributed by atoms with Crippen LogP contribution in [0.3, 0.4) is 0 Å². The van der Waals surface area contributed by atoms with Gasteiger partial charge in [-0.1, -0.05) is 0 Å². The van der Waals surface area contributed by atoms with Crippen molar-refractivity contribution in [3.8, 4) is 0 Å². The average molecular weight is 242 g/mol. The van der Waals surface area contributed by atoms with Gasteiger partial charge in [0.25, 0.3) is 0 Å². The Bertz CT molecular complexity index is 262. The van der Waals surface area contributed by atoms with E-state index in [1.165, 1.54) is 0 Å². The predicted octanol–water partition coefficient (Wildman–Crippen LogP) is -1.38. The molecule has 0 spiro atoms. The van der Waals surface area contributed by atoms with Crippen molar-refractivity contribution in [1.29, 1.82) is 0 Å². The van der Waals surface area contributed by atoms with Crippen molar-refractivity contribution in [2.45, 2.75) is 12.8 Å².